The van der Waals surface area contributed by atoms with E-state index in [2.05, 4.69) is 9.97 Å². The summed E-state index contributed by atoms with van der Waals surface area (Å²) >= 11 is 0. The molecule has 0 spiro atoms. The maximum absolute atomic E-state index is 13.0. The quantitative estimate of drug-likeness (QED) is 0.862. The van der Waals surface area contributed by atoms with Crippen molar-refractivity contribution < 1.29 is 14.3 Å². The van der Waals surface area contributed by atoms with Crippen LogP contribution < -0.4 is 0 Å². The number of halogens is 1. The molecular weight excluding hydrogens is 223 g/mol. The number of carbonyl (C=O) groups is 1. The number of aromatic nitrogens is 2. The Morgan fingerprint density at radius 3 is 2.65 bits per heavy atom. The highest BCUT2D eigenvalue weighted by molar-refractivity contribution is 5.87. The zero-order valence-corrected chi connectivity index (χ0v) is 9.01. The lowest BCUT2D eigenvalue weighted by Crippen LogP contribution is -2.02. The summed E-state index contributed by atoms with van der Waals surface area (Å²) in [5.41, 5.74) is 1.60. The van der Waals surface area contributed by atoms with Crippen molar-refractivity contribution in [1.29, 1.82) is 0 Å². The zero-order chi connectivity index (χ0) is 12.4. The number of nitrogens with zero attached hydrogens (tertiary/aromatic N) is 2. The molecule has 2 aromatic rings. The molecule has 0 aromatic carbocycles. The fourth-order valence-corrected chi connectivity index (χ4v) is 1.51. The number of pyridine rings is 2. The van der Waals surface area contributed by atoms with E-state index in [9.17, 15) is 9.18 Å². The van der Waals surface area contributed by atoms with Crippen molar-refractivity contribution in [3.63, 3.8) is 0 Å². The van der Waals surface area contributed by atoms with Crippen LogP contribution >= 0.6 is 0 Å². The van der Waals surface area contributed by atoms with Crippen LogP contribution in [0, 0.1) is 12.7 Å². The van der Waals surface area contributed by atoms with Gasteiger partial charge in [0.25, 0.3) is 0 Å². The predicted octanol–water partition coefficient (Wildman–Crippen LogP) is 2.29. The number of aromatic carboxylic acids is 1. The summed E-state index contributed by atoms with van der Waals surface area (Å²) in [7, 11) is 0. The zero-order valence-electron chi connectivity index (χ0n) is 9.01. The number of carboxylic acids is 1. The standard InChI is InChI=1S/C12H9FN2O2/c1-7-2-8(4-11(15-7)12(16)17)9-3-10(13)6-14-5-9/h2-6H,1H3,(H,16,17). The van der Waals surface area contributed by atoms with Gasteiger partial charge in [0.2, 0.25) is 0 Å². The van der Waals surface area contributed by atoms with E-state index in [1.807, 2.05) is 0 Å². The molecule has 2 aromatic heterocycles. The van der Waals surface area contributed by atoms with E-state index in [0.717, 1.165) is 6.20 Å². The Hall–Kier alpha value is -2.30. The van der Waals surface area contributed by atoms with Crippen LogP contribution in [-0.4, -0.2) is 21.0 Å². The molecule has 0 aliphatic heterocycles. The second-order valence-electron chi connectivity index (χ2n) is 3.58. The first-order chi connectivity index (χ1) is 8.06. The van der Waals surface area contributed by atoms with Crippen LogP contribution in [0.3, 0.4) is 0 Å². The van der Waals surface area contributed by atoms with Crippen LogP contribution in [0.25, 0.3) is 11.1 Å². The van der Waals surface area contributed by atoms with E-state index >= 15 is 0 Å². The average Bonchev–Trinajstić information content (AvgIpc) is 2.28. The van der Waals surface area contributed by atoms with Crippen molar-refractivity contribution in [1.82, 2.24) is 9.97 Å². The first-order valence-corrected chi connectivity index (χ1v) is 4.89. The third kappa shape index (κ3) is 2.44. The molecule has 0 amide bonds. The van der Waals surface area contributed by atoms with Crippen molar-refractivity contribution in [3.8, 4) is 11.1 Å². The highest BCUT2D eigenvalue weighted by Crippen LogP contribution is 2.20. The monoisotopic (exact) mass is 232 g/mol. The second-order valence-corrected chi connectivity index (χ2v) is 3.58. The minimum Gasteiger partial charge on any atom is -0.477 e. The molecule has 0 saturated carbocycles. The maximum atomic E-state index is 13.0. The van der Waals surface area contributed by atoms with Crippen LogP contribution in [0.1, 0.15) is 16.2 Å². The Bertz CT molecular complexity index is 584. The highest BCUT2D eigenvalue weighted by Gasteiger charge is 2.09. The van der Waals surface area contributed by atoms with Gasteiger partial charge in [-0.3, -0.25) is 4.98 Å². The summed E-state index contributed by atoms with van der Waals surface area (Å²) in [6.07, 6.45) is 2.57. The molecule has 2 heterocycles. The van der Waals surface area contributed by atoms with E-state index in [1.54, 1.807) is 13.0 Å². The van der Waals surface area contributed by atoms with Crippen molar-refractivity contribution in [3.05, 3.63) is 47.8 Å². The van der Waals surface area contributed by atoms with Gasteiger partial charge in [-0.25, -0.2) is 14.2 Å². The number of carboxylic acid groups (broad SMARTS) is 1. The molecule has 0 aliphatic rings. The molecule has 0 aliphatic carbocycles. The summed E-state index contributed by atoms with van der Waals surface area (Å²) < 4.78 is 13.0. The highest BCUT2D eigenvalue weighted by atomic mass is 19.1. The number of aryl methyl sites for hydroxylation is 1. The Morgan fingerprint density at radius 2 is 2.00 bits per heavy atom. The minimum absolute atomic E-state index is 0.0655. The fraction of sp³-hybridized carbons (Fsp3) is 0.0833. The molecule has 17 heavy (non-hydrogen) atoms. The van der Waals surface area contributed by atoms with Crippen LogP contribution in [0.4, 0.5) is 4.39 Å². The molecule has 0 atom stereocenters. The van der Waals surface area contributed by atoms with E-state index < -0.39 is 11.8 Å². The molecular formula is C12H9FN2O2. The molecule has 0 saturated heterocycles. The van der Waals surface area contributed by atoms with Crippen molar-refractivity contribution in [2.24, 2.45) is 0 Å². The Balaban J connectivity index is 2.56. The van der Waals surface area contributed by atoms with Gasteiger partial charge in [0.05, 0.1) is 6.20 Å². The molecule has 2 rings (SSSR count). The normalized spacial score (nSPS) is 10.2. The molecule has 0 fully saturated rings. The van der Waals surface area contributed by atoms with Gasteiger partial charge < -0.3 is 5.11 Å². The lowest BCUT2D eigenvalue weighted by atomic mass is 10.1. The molecule has 86 valence electrons. The summed E-state index contributed by atoms with van der Waals surface area (Å²) in [4.78, 5) is 18.4. The Kier molecular flexibility index (Phi) is 2.82. The molecule has 0 unspecified atom stereocenters. The lowest BCUT2D eigenvalue weighted by Gasteiger charge is -2.04. The van der Waals surface area contributed by atoms with Crippen molar-refractivity contribution >= 4 is 5.97 Å². The SMILES string of the molecule is Cc1cc(-c2cncc(F)c2)cc(C(=O)O)n1. The van der Waals surface area contributed by atoms with Gasteiger partial charge in [-0.1, -0.05) is 0 Å². The molecule has 1 N–H and O–H groups in total. The first-order valence-electron chi connectivity index (χ1n) is 4.89. The second kappa shape index (κ2) is 4.29. The largest absolute Gasteiger partial charge is 0.477 e. The lowest BCUT2D eigenvalue weighted by molar-refractivity contribution is 0.0690. The Morgan fingerprint density at radius 1 is 1.24 bits per heavy atom. The molecule has 0 bridgehead atoms. The molecule has 0 radical (unpaired) electrons. The smallest absolute Gasteiger partial charge is 0.354 e. The van der Waals surface area contributed by atoms with E-state index in [-0.39, 0.29) is 5.69 Å². The van der Waals surface area contributed by atoms with Gasteiger partial charge in [-0.05, 0) is 30.7 Å². The van der Waals surface area contributed by atoms with E-state index in [0.29, 0.717) is 16.8 Å². The predicted molar refractivity (Wildman–Crippen MR) is 59.1 cm³/mol. The fourth-order valence-electron chi connectivity index (χ4n) is 1.51. The van der Waals surface area contributed by atoms with Crippen LogP contribution in [-0.2, 0) is 0 Å². The number of hydrogen-bond acceptors (Lipinski definition) is 3. The third-order valence-corrected chi connectivity index (χ3v) is 2.21. The summed E-state index contributed by atoms with van der Waals surface area (Å²) in [5, 5.41) is 8.88. The van der Waals surface area contributed by atoms with E-state index in [4.69, 9.17) is 5.11 Å². The van der Waals surface area contributed by atoms with Crippen LogP contribution in [0.5, 0.6) is 0 Å². The minimum atomic E-state index is -1.11. The van der Waals surface area contributed by atoms with Crippen molar-refractivity contribution in [2.75, 3.05) is 0 Å². The summed E-state index contributed by atoms with van der Waals surface area (Å²) in [5.74, 6) is -1.58. The van der Waals surface area contributed by atoms with Gasteiger partial charge in [-0.2, -0.15) is 0 Å². The summed E-state index contributed by atoms with van der Waals surface area (Å²) in [6.45, 7) is 1.68. The van der Waals surface area contributed by atoms with Gasteiger partial charge in [-0.15, -0.1) is 0 Å². The van der Waals surface area contributed by atoms with Gasteiger partial charge in [0.1, 0.15) is 11.5 Å². The van der Waals surface area contributed by atoms with Crippen molar-refractivity contribution in [2.45, 2.75) is 6.92 Å². The van der Waals surface area contributed by atoms with Gasteiger partial charge in [0, 0.05) is 17.5 Å². The van der Waals surface area contributed by atoms with Gasteiger partial charge >= 0.3 is 5.97 Å². The molecule has 5 heteroatoms. The topological polar surface area (TPSA) is 63.1 Å². The third-order valence-electron chi connectivity index (χ3n) is 2.21. The first kappa shape index (κ1) is 11.2. The summed E-state index contributed by atoms with van der Waals surface area (Å²) in [6, 6.07) is 4.38. The maximum Gasteiger partial charge on any atom is 0.354 e. The molecule has 4 nitrogen and oxygen atoms in total. The van der Waals surface area contributed by atoms with Crippen LogP contribution in [0.2, 0.25) is 0 Å². The average molecular weight is 232 g/mol. The van der Waals surface area contributed by atoms with E-state index in [1.165, 1.54) is 18.3 Å². The van der Waals surface area contributed by atoms with Crippen LogP contribution in [0.15, 0.2) is 30.6 Å². The van der Waals surface area contributed by atoms with Gasteiger partial charge in [0.15, 0.2) is 0 Å². The number of hydrogen-bond donors (Lipinski definition) is 1. The Labute approximate surface area is 96.8 Å². The number of rotatable bonds is 2.